The third-order valence-corrected chi connectivity index (χ3v) is 6.47. The van der Waals surface area contributed by atoms with E-state index in [1.54, 1.807) is 0 Å². The second-order valence-electron chi connectivity index (χ2n) is 11.5. The predicted octanol–water partition coefficient (Wildman–Crippen LogP) is 4.40. The normalized spacial score (nSPS) is 15.0. The van der Waals surface area contributed by atoms with Crippen molar-refractivity contribution in [2.45, 2.75) is 117 Å². The van der Waals surface area contributed by atoms with Crippen LogP contribution in [-0.2, 0) is 9.59 Å². The highest BCUT2D eigenvalue weighted by atomic mass is 16.2. The molecule has 0 aromatic carbocycles. The molecular weight excluding hydrogens is 412 g/mol. The number of carbonyl (C=O) groups is 2. The van der Waals surface area contributed by atoms with Gasteiger partial charge in [0.05, 0.1) is 0 Å². The lowest BCUT2D eigenvalue weighted by atomic mass is 9.73. The quantitative estimate of drug-likeness (QED) is 0.207. The molecule has 33 heavy (non-hydrogen) atoms. The molecule has 0 aromatic heterocycles. The summed E-state index contributed by atoms with van der Waals surface area (Å²) in [5, 5.41) is 11.0. The first-order valence-electron chi connectivity index (χ1n) is 13.2. The maximum absolute atomic E-state index is 11.7. The number of nitrogens with zero attached hydrogens (tertiary/aromatic N) is 1. The highest BCUT2D eigenvalue weighted by Crippen LogP contribution is 2.36. The molecule has 0 aliphatic carbocycles. The van der Waals surface area contributed by atoms with Crippen LogP contribution in [0, 0.1) is 5.41 Å². The van der Waals surface area contributed by atoms with E-state index in [0.717, 1.165) is 38.9 Å². The molecule has 0 unspecified atom stereocenters. The molecule has 1 aliphatic rings. The van der Waals surface area contributed by atoms with E-state index < -0.39 is 0 Å². The lowest BCUT2D eigenvalue weighted by Gasteiger charge is -2.36. The SMILES string of the molecule is CC(C)NCCC(CCCCCCN1C(=O)C=CC1=O)(CCNC(C)C)CCNC(C)(C)C. The summed E-state index contributed by atoms with van der Waals surface area (Å²) in [7, 11) is 0. The van der Waals surface area contributed by atoms with Gasteiger partial charge in [-0.25, -0.2) is 0 Å². The summed E-state index contributed by atoms with van der Waals surface area (Å²) in [4.78, 5) is 24.8. The number of carbonyl (C=O) groups excluding carboxylic acids is 2. The molecule has 0 aromatic rings. The molecule has 192 valence electrons. The first-order valence-corrected chi connectivity index (χ1v) is 13.2. The summed E-state index contributed by atoms with van der Waals surface area (Å²) in [6.45, 7) is 19.3. The average Bonchev–Trinajstić information content (AvgIpc) is 3.00. The van der Waals surface area contributed by atoms with Crippen molar-refractivity contribution in [2.24, 2.45) is 5.41 Å². The minimum Gasteiger partial charge on any atom is -0.315 e. The van der Waals surface area contributed by atoms with Gasteiger partial charge in [0, 0.05) is 36.3 Å². The number of imide groups is 1. The molecule has 0 saturated carbocycles. The van der Waals surface area contributed by atoms with E-state index in [1.807, 2.05) is 0 Å². The average molecular weight is 465 g/mol. The number of hydrogen-bond donors (Lipinski definition) is 3. The number of hydrogen-bond acceptors (Lipinski definition) is 5. The third kappa shape index (κ3) is 13.3. The highest BCUT2D eigenvalue weighted by molar-refractivity contribution is 6.12. The van der Waals surface area contributed by atoms with Gasteiger partial charge in [-0.15, -0.1) is 0 Å². The smallest absolute Gasteiger partial charge is 0.253 e. The van der Waals surface area contributed by atoms with Crippen LogP contribution in [-0.4, -0.2) is 60.5 Å². The molecule has 3 N–H and O–H groups in total. The third-order valence-electron chi connectivity index (χ3n) is 6.47. The molecule has 6 heteroatoms. The molecule has 0 radical (unpaired) electrons. The molecular formula is C27H52N4O2. The lowest BCUT2D eigenvalue weighted by Crippen LogP contribution is -2.40. The van der Waals surface area contributed by atoms with Crippen LogP contribution in [0.15, 0.2) is 12.2 Å². The van der Waals surface area contributed by atoms with E-state index in [9.17, 15) is 9.59 Å². The van der Waals surface area contributed by atoms with Crippen molar-refractivity contribution in [1.82, 2.24) is 20.9 Å². The van der Waals surface area contributed by atoms with Gasteiger partial charge in [-0.2, -0.15) is 0 Å². The Labute approximate surface area is 203 Å². The number of rotatable bonds is 18. The zero-order valence-corrected chi connectivity index (χ0v) is 22.6. The van der Waals surface area contributed by atoms with Crippen molar-refractivity contribution in [1.29, 1.82) is 0 Å². The van der Waals surface area contributed by atoms with Crippen molar-refractivity contribution in [3.63, 3.8) is 0 Å². The topological polar surface area (TPSA) is 73.5 Å². The van der Waals surface area contributed by atoms with Gasteiger partial charge in [-0.3, -0.25) is 14.5 Å². The summed E-state index contributed by atoms with van der Waals surface area (Å²) in [6.07, 6.45) is 11.8. The van der Waals surface area contributed by atoms with E-state index in [0.29, 0.717) is 24.0 Å². The fraction of sp³-hybridized carbons (Fsp3) is 0.852. The monoisotopic (exact) mass is 464 g/mol. The van der Waals surface area contributed by atoms with Crippen LogP contribution in [0.3, 0.4) is 0 Å². The summed E-state index contributed by atoms with van der Waals surface area (Å²) in [5.41, 5.74) is 0.449. The van der Waals surface area contributed by atoms with Gasteiger partial charge in [0.2, 0.25) is 0 Å². The van der Waals surface area contributed by atoms with Crippen molar-refractivity contribution in [3.8, 4) is 0 Å². The van der Waals surface area contributed by atoms with Crippen LogP contribution in [0.2, 0.25) is 0 Å². The van der Waals surface area contributed by atoms with Gasteiger partial charge in [-0.05, 0) is 77.9 Å². The van der Waals surface area contributed by atoms with Gasteiger partial charge >= 0.3 is 0 Å². The van der Waals surface area contributed by atoms with Crippen LogP contribution in [0.4, 0.5) is 0 Å². The van der Waals surface area contributed by atoms with E-state index in [-0.39, 0.29) is 17.4 Å². The molecule has 2 amide bonds. The van der Waals surface area contributed by atoms with Crippen LogP contribution in [0.25, 0.3) is 0 Å². The minimum atomic E-state index is -0.166. The van der Waals surface area contributed by atoms with Crippen LogP contribution < -0.4 is 16.0 Å². The zero-order valence-electron chi connectivity index (χ0n) is 22.6. The number of amides is 2. The van der Waals surface area contributed by atoms with Gasteiger partial charge < -0.3 is 16.0 Å². The number of unbranched alkanes of at least 4 members (excludes halogenated alkanes) is 3. The first-order chi connectivity index (χ1) is 15.4. The Morgan fingerprint density at radius 3 is 1.70 bits per heavy atom. The Morgan fingerprint density at radius 1 is 0.727 bits per heavy atom. The molecule has 0 spiro atoms. The second-order valence-corrected chi connectivity index (χ2v) is 11.5. The standard InChI is InChI=1S/C27H52N4O2/c1-22(2)28-18-15-27(16-19-29-23(3)4,17-20-30-26(5,6)7)14-10-8-9-11-21-31-24(32)12-13-25(31)33/h12-13,22-23,28-30H,8-11,14-21H2,1-7H3. The van der Waals surface area contributed by atoms with Gasteiger partial charge in [0.1, 0.15) is 0 Å². The van der Waals surface area contributed by atoms with Gasteiger partial charge in [-0.1, -0.05) is 47.0 Å². The van der Waals surface area contributed by atoms with Crippen molar-refractivity contribution >= 4 is 11.8 Å². The fourth-order valence-corrected chi connectivity index (χ4v) is 4.48. The largest absolute Gasteiger partial charge is 0.315 e. The maximum Gasteiger partial charge on any atom is 0.253 e. The summed E-state index contributed by atoms with van der Waals surface area (Å²) >= 11 is 0. The van der Waals surface area contributed by atoms with E-state index in [1.165, 1.54) is 49.2 Å². The molecule has 1 rings (SSSR count). The Morgan fingerprint density at radius 2 is 1.21 bits per heavy atom. The lowest BCUT2D eigenvalue weighted by molar-refractivity contribution is -0.136. The Hall–Kier alpha value is -1.24. The predicted molar refractivity (Wildman–Crippen MR) is 139 cm³/mol. The van der Waals surface area contributed by atoms with E-state index in [4.69, 9.17) is 0 Å². The molecule has 1 aliphatic heterocycles. The molecule has 6 nitrogen and oxygen atoms in total. The minimum absolute atomic E-state index is 0.136. The molecule has 0 fully saturated rings. The van der Waals surface area contributed by atoms with E-state index >= 15 is 0 Å². The highest BCUT2D eigenvalue weighted by Gasteiger charge is 2.29. The van der Waals surface area contributed by atoms with Gasteiger partial charge in [0.15, 0.2) is 0 Å². The molecule has 1 heterocycles. The van der Waals surface area contributed by atoms with Crippen LogP contribution >= 0.6 is 0 Å². The molecule has 0 atom stereocenters. The fourth-order valence-electron chi connectivity index (χ4n) is 4.48. The van der Waals surface area contributed by atoms with E-state index in [2.05, 4.69) is 64.4 Å². The molecule has 0 bridgehead atoms. The summed E-state index contributed by atoms with van der Waals surface area (Å²) in [6, 6.07) is 1.02. The van der Waals surface area contributed by atoms with Crippen molar-refractivity contribution in [2.75, 3.05) is 26.2 Å². The maximum atomic E-state index is 11.7. The second kappa shape index (κ2) is 14.9. The van der Waals surface area contributed by atoms with Crippen molar-refractivity contribution in [3.05, 3.63) is 12.2 Å². The van der Waals surface area contributed by atoms with Crippen molar-refractivity contribution < 1.29 is 9.59 Å². The van der Waals surface area contributed by atoms with Crippen LogP contribution in [0.5, 0.6) is 0 Å². The van der Waals surface area contributed by atoms with Crippen LogP contribution in [0.1, 0.15) is 99.8 Å². The summed E-state index contributed by atoms with van der Waals surface area (Å²) < 4.78 is 0. The summed E-state index contributed by atoms with van der Waals surface area (Å²) in [5.74, 6) is -0.332. The Bertz CT molecular complexity index is 576. The number of nitrogens with one attached hydrogen (secondary N) is 3. The molecule has 0 saturated heterocycles. The van der Waals surface area contributed by atoms with Gasteiger partial charge in [0.25, 0.3) is 11.8 Å². The first kappa shape index (κ1) is 29.8. The zero-order chi connectivity index (χ0) is 24.9. The Kier molecular flexibility index (Phi) is 13.5. The Balaban J connectivity index is 2.62.